The Morgan fingerprint density at radius 1 is 1.20 bits per heavy atom. The molecule has 6 heteroatoms. The Kier molecular flexibility index (Phi) is 5.89. The summed E-state index contributed by atoms with van der Waals surface area (Å²) in [5, 5.41) is 2.92. The molecule has 0 bridgehead atoms. The fourth-order valence-electron chi connectivity index (χ4n) is 3.79. The van der Waals surface area contributed by atoms with Crippen molar-refractivity contribution in [1.82, 2.24) is 15.2 Å². The van der Waals surface area contributed by atoms with E-state index in [0.717, 1.165) is 51.1 Å². The second-order valence-electron chi connectivity index (χ2n) is 6.91. The van der Waals surface area contributed by atoms with Gasteiger partial charge in [-0.3, -0.25) is 9.59 Å². The summed E-state index contributed by atoms with van der Waals surface area (Å²) in [6.45, 7) is 5.71. The van der Waals surface area contributed by atoms with E-state index in [-0.39, 0.29) is 17.7 Å². The normalized spacial score (nSPS) is 21.1. The van der Waals surface area contributed by atoms with Gasteiger partial charge in [0.2, 0.25) is 5.91 Å². The van der Waals surface area contributed by atoms with Gasteiger partial charge in [-0.05, 0) is 51.2 Å². The summed E-state index contributed by atoms with van der Waals surface area (Å²) in [6.07, 6.45) is 6.91. The zero-order chi connectivity index (χ0) is 17.6. The number of piperidine rings is 2. The number of anilines is 1. The van der Waals surface area contributed by atoms with E-state index < -0.39 is 0 Å². The van der Waals surface area contributed by atoms with Crippen molar-refractivity contribution in [2.24, 2.45) is 5.92 Å². The first-order valence-electron chi connectivity index (χ1n) is 9.47. The number of hydrogen-bond acceptors (Lipinski definition) is 4. The number of hydrogen-bond donors (Lipinski definition) is 1. The first kappa shape index (κ1) is 17.7. The zero-order valence-corrected chi connectivity index (χ0v) is 15.0. The smallest absolute Gasteiger partial charge is 0.257 e. The number of amides is 2. The molecule has 3 heterocycles. The van der Waals surface area contributed by atoms with Crippen molar-refractivity contribution in [2.45, 2.75) is 39.0 Å². The Morgan fingerprint density at radius 3 is 2.76 bits per heavy atom. The first-order valence-corrected chi connectivity index (χ1v) is 9.47. The summed E-state index contributed by atoms with van der Waals surface area (Å²) in [6, 6.07) is 3.70. The molecule has 2 aliphatic rings. The van der Waals surface area contributed by atoms with Crippen LogP contribution in [0.5, 0.6) is 0 Å². The molecule has 1 aromatic heterocycles. The lowest BCUT2D eigenvalue weighted by Gasteiger charge is -2.34. The minimum Gasteiger partial charge on any atom is -0.356 e. The Labute approximate surface area is 149 Å². The lowest BCUT2D eigenvalue weighted by molar-refractivity contribution is -0.125. The van der Waals surface area contributed by atoms with Gasteiger partial charge in [0.25, 0.3) is 5.91 Å². The molecule has 6 nitrogen and oxygen atoms in total. The van der Waals surface area contributed by atoms with Gasteiger partial charge in [0.15, 0.2) is 0 Å². The van der Waals surface area contributed by atoms with Crippen molar-refractivity contribution in [3.8, 4) is 0 Å². The average Bonchev–Trinajstić information content (AvgIpc) is 2.68. The van der Waals surface area contributed by atoms with Gasteiger partial charge >= 0.3 is 0 Å². The van der Waals surface area contributed by atoms with Crippen molar-refractivity contribution < 1.29 is 9.59 Å². The molecule has 0 aliphatic carbocycles. The fourth-order valence-corrected chi connectivity index (χ4v) is 3.79. The molecule has 136 valence electrons. The van der Waals surface area contributed by atoms with Gasteiger partial charge in [0.05, 0.1) is 11.5 Å². The summed E-state index contributed by atoms with van der Waals surface area (Å²) in [4.78, 5) is 33.7. The van der Waals surface area contributed by atoms with Crippen molar-refractivity contribution >= 4 is 17.6 Å². The number of carbonyl (C=O) groups is 2. The second-order valence-corrected chi connectivity index (χ2v) is 6.91. The molecule has 2 amide bonds. The van der Waals surface area contributed by atoms with E-state index >= 15 is 0 Å². The molecule has 0 radical (unpaired) electrons. The molecule has 1 N–H and O–H groups in total. The van der Waals surface area contributed by atoms with Gasteiger partial charge < -0.3 is 15.1 Å². The SMILES string of the molecule is CCNC(=O)[C@@H]1CCCN(c2ncccc2C(=O)N2CCCCC2)C1. The largest absolute Gasteiger partial charge is 0.356 e. The number of nitrogens with zero attached hydrogens (tertiary/aromatic N) is 3. The molecule has 0 spiro atoms. The molecule has 0 unspecified atom stereocenters. The van der Waals surface area contributed by atoms with Crippen LogP contribution in [-0.4, -0.2) is 54.4 Å². The van der Waals surface area contributed by atoms with E-state index in [0.29, 0.717) is 18.7 Å². The van der Waals surface area contributed by atoms with E-state index in [1.54, 1.807) is 6.20 Å². The number of rotatable bonds is 4. The van der Waals surface area contributed by atoms with Gasteiger partial charge in [-0.1, -0.05) is 0 Å². The molecular weight excluding hydrogens is 316 g/mol. The molecular formula is C19H28N4O2. The average molecular weight is 344 g/mol. The molecule has 3 rings (SSSR count). The zero-order valence-electron chi connectivity index (χ0n) is 15.0. The molecule has 25 heavy (non-hydrogen) atoms. The highest BCUT2D eigenvalue weighted by atomic mass is 16.2. The van der Waals surface area contributed by atoms with E-state index in [1.807, 2.05) is 24.0 Å². The highest BCUT2D eigenvalue weighted by Gasteiger charge is 2.29. The minimum atomic E-state index is -0.0337. The van der Waals surface area contributed by atoms with Crippen LogP contribution in [0.4, 0.5) is 5.82 Å². The third kappa shape index (κ3) is 4.11. The van der Waals surface area contributed by atoms with Gasteiger partial charge in [-0.25, -0.2) is 4.98 Å². The highest BCUT2D eigenvalue weighted by Crippen LogP contribution is 2.26. The number of likely N-dealkylation sites (tertiary alicyclic amines) is 1. The van der Waals surface area contributed by atoms with Crippen LogP contribution < -0.4 is 10.2 Å². The standard InChI is InChI=1S/C19H28N4O2/c1-2-20-18(24)15-8-7-13-23(14-15)17-16(9-6-10-21-17)19(25)22-11-4-3-5-12-22/h6,9-10,15H,2-5,7-8,11-14H2,1H3,(H,20,24)/t15-/m1/s1. The minimum absolute atomic E-state index is 0.0337. The van der Waals surface area contributed by atoms with Crippen LogP contribution >= 0.6 is 0 Å². The maximum Gasteiger partial charge on any atom is 0.257 e. The molecule has 2 aliphatic heterocycles. The van der Waals surface area contributed by atoms with Crippen molar-refractivity contribution in [1.29, 1.82) is 0 Å². The summed E-state index contributed by atoms with van der Waals surface area (Å²) in [7, 11) is 0. The summed E-state index contributed by atoms with van der Waals surface area (Å²) in [5.41, 5.74) is 0.668. The fraction of sp³-hybridized carbons (Fsp3) is 0.632. The Bertz CT molecular complexity index is 613. The molecule has 2 saturated heterocycles. The number of carbonyl (C=O) groups excluding carboxylic acids is 2. The number of aromatic nitrogens is 1. The third-order valence-corrected chi connectivity index (χ3v) is 5.10. The summed E-state index contributed by atoms with van der Waals surface area (Å²) >= 11 is 0. The van der Waals surface area contributed by atoms with Crippen LogP contribution in [0.3, 0.4) is 0 Å². The summed E-state index contributed by atoms with van der Waals surface area (Å²) in [5.74, 6) is 0.871. The van der Waals surface area contributed by atoms with Crippen LogP contribution in [0, 0.1) is 5.92 Å². The molecule has 0 aromatic carbocycles. The topological polar surface area (TPSA) is 65.5 Å². The van der Waals surface area contributed by atoms with Crippen molar-refractivity contribution in [2.75, 3.05) is 37.6 Å². The van der Waals surface area contributed by atoms with Gasteiger partial charge in [0.1, 0.15) is 5.82 Å². The molecule has 2 fully saturated rings. The summed E-state index contributed by atoms with van der Waals surface area (Å²) < 4.78 is 0. The van der Waals surface area contributed by atoms with Crippen LogP contribution in [0.1, 0.15) is 49.4 Å². The van der Waals surface area contributed by atoms with Gasteiger partial charge in [-0.2, -0.15) is 0 Å². The maximum absolute atomic E-state index is 13.0. The predicted molar refractivity (Wildman–Crippen MR) is 97.6 cm³/mol. The Balaban J connectivity index is 1.77. The molecule has 0 saturated carbocycles. The number of nitrogens with one attached hydrogen (secondary N) is 1. The predicted octanol–water partition coefficient (Wildman–Crippen LogP) is 2.06. The Morgan fingerprint density at radius 2 is 2.00 bits per heavy atom. The van der Waals surface area contributed by atoms with Gasteiger partial charge in [-0.15, -0.1) is 0 Å². The number of pyridine rings is 1. The van der Waals surface area contributed by atoms with E-state index in [1.165, 1.54) is 6.42 Å². The lowest BCUT2D eigenvalue weighted by Crippen LogP contribution is -2.44. The van der Waals surface area contributed by atoms with Crippen LogP contribution in [0.15, 0.2) is 18.3 Å². The quantitative estimate of drug-likeness (QED) is 0.908. The van der Waals surface area contributed by atoms with E-state index in [4.69, 9.17) is 0 Å². The van der Waals surface area contributed by atoms with Crippen molar-refractivity contribution in [3.63, 3.8) is 0 Å². The van der Waals surface area contributed by atoms with E-state index in [9.17, 15) is 9.59 Å². The van der Waals surface area contributed by atoms with Crippen LogP contribution in [-0.2, 0) is 4.79 Å². The van der Waals surface area contributed by atoms with Crippen molar-refractivity contribution in [3.05, 3.63) is 23.9 Å². The maximum atomic E-state index is 13.0. The highest BCUT2D eigenvalue weighted by molar-refractivity contribution is 5.99. The van der Waals surface area contributed by atoms with Crippen LogP contribution in [0.25, 0.3) is 0 Å². The van der Waals surface area contributed by atoms with Gasteiger partial charge in [0, 0.05) is 38.9 Å². The van der Waals surface area contributed by atoms with E-state index in [2.05, 4.69) is 15.2 Å². The first-order chi connectivity index (χ1) is 12.2. The van der Waals surface area contributed by atoms with Crippen LogP contribution in [0.2, 0.25) is 0 Å². The Hall–Kier alpha value is -2.11. The monoisotopic (exact) mass is 344 g/mol. The second kappa shape index (κ2) is 8.32. The third-order valence-electron chi connectivity index (χ3n) is 5.10. The molecule has 1 atom stereocenters. The lowest BCUT2D eigenvalue weighted by atomic mass is 9.96. The molecule has 1 aromatic rings.